The Hall–Kier alpha value is -1.81. The number of guanidine groups is 1. The normalized spacial score (nSPS) is 16.4. The average Bonchev–Trinajstić information content (AvgIpc) is 3.36. The van der Waals surface area contributed by atoms with Crippen LogP contribution in [-0.4, -0.2) is 56.5 Å². The zero-order valence-electron chi connectivity index (χ0n) is 16.3. The van der Waals surface area contributed by atoms with Crippen LogP contribution >= 0.6 is 35.3 Å². The number of nitrogens with zero attached hydrogens (tertiary/aromatic N) is 3. The quantitative estimate of drug-likeness (QED) is 0.355. The molecule has 2 heterocycles. The van der Waals surface area contributed by atoms with Crippen molar-refractivity contribution in [3.05, 3.63) is 52.7 Å². The number of aliphatic imine (C=N–C) groups is 1. The molecule has 1 atom stereocenters. The van der Waals surface area contributed by atoms with Crippen LogP contribution in [0.1, 0.15) is 11.3 Å². The highest BCUT2D eigenvalue weighted by atomic mass is 127. The molecular formula is C20H28IN5OS. The molecule has 1 aliphatic heterocycles. The lowest BCUT2D eigenvalue weighted by atomic mass is 10.2. The number of hydrogen-bond donors (Lipinski definition) is 2. The minimum Gasteiger partial charge on any atom is -0.369 e. The number of benzene rings is 1. The number of para-hydroxylation sites is 1. The summed E-state index contributed by atoms with van der Waals surface area (Å²) in [5.41, 5.74) is 1.25. The molecule has 1 aliphatic rings. The maximum absolute atomic E-state index is 11.9. The van der Waals surface area contributed by atoms with Crippen molar-refractivity contribution in [3.63, 3.8) is 0 Å². The third-order valence-electron chi connectivity index (χ3n) is 4.53. The Kier molecular flexibility index (Phi) is 9.04. The molecule has 1 aromatic carbocycles. The van der Waals surface area contributed by atoms with E-state index in [0.29, 0.717) is 18.5 Å². The summed E-state index contributed by atoms with van der Waals surface area (Å²) in [6, 6.07) is 14.9. The molecule has 1 amide bonds. The second kappa shape index (κ2) is 11.3. The highest BCUT2D eigenvalue weighted by Crippen LogP contribution is 2.19. The summed E-state index contributed by atoms with van der Waals surface area (Å²) in [6.45, 7) is 2.78. The Balaban J connectivity index is 0.00000280. The van der Waals surface area contributed by atoms with Gasteiger partial charge in [-0.05, 0) is 30.0 Å². The fourth-order valence-corrected chi connectivity index (χ4v) is 3.61. The van der Waals surface area contributed by atoms with Gasteiger partial charge in [0.2, 0.25) is 5.91 Å². The largest absolute Gasteiger partial charge is 0.369 e. The number of rotatable bonds is 6. The summed E-state index contributed by atoms with van der Waals surface area (Å²) >= 11 is 1.71. The van der Waals surface area contributed by atoms with Crippen molar-refractivity contribution < 1.29 is 4.79 Å². The van der Waals surface area contributed by atoms with Crippen LogP contribution in [0.5, 0.6) is 0 Å². The van der Waals surface area contributed by atoms with E-state index < -0.39 is 0 Å². The van der Waals surface area contributed by atoms with Crippen LogP contribution in [-0.2, 0) is 11.3 Å². The standard InChI is InChI=1S/C20H27N5OS.HI/c1-24(2)19(26)14-22-20(21-13-18-9-6-12-27-18)23-16-10-11-25(15-16)17-7-4-3-5-8-17;/h3-9,12,16H,10-11,13-15H2,1-2H3,(H2,21,22,23);1H. The van der Waals surface area contributed by atoms with E-state index in [1.165, 1.54) is 10.6 Å². The van der Waals surface area contributed by atoms with Gasteiger partial charge in [0.15, 0.2) is 5.96 Å². The van der Waals surface area contributed by atoms with Gasteiger partial charge in [0, 0.05) is 43.8 Å². The Morgan fingerprint density at radius 1 is 1.25 bits per heavy atom. The Morgan fingerprint density at radius 3 is 2.71 bits per heavy atom. The number of nitrogens with one attached hydrogen (secondary N) is 2. The van der Waals surface area contributed by atoms with Gasteiger partial charge in [0.1, 0.15) is 6.54 Å². The number of carbonyl (C=O) groups excluding carboxylic acids is 1. The predicted octanol–water partition coefficient (Wildman–Crippen LogP) is 2.77. The summed E-state index contributed by atoms with van der Waals surface area (Å²) < 4.78 is 0. The second-order valence-corrected chi connectivity index (χ2v) is 7.83. The summed E-state index contributed by atoms with van der Waals surface area (Å²) in [4.78, 5) is 21.6. The zero-order valence-corrected chi connectivity index (χ0v) is 19.4. The molecule has 0 radical (unpaired) electrons. The summed E-state index contributed by atoms with van der Waals surface area (Å²) in [6.07, 6.45) is 1.04. The van der Waals surface area contributed by atoms with Crippen molar-refractivity contribution in [3.8, 4) is 0 Å². The van der Waals surface area contributed by atoms with Crippen LogP contribution in [0.2, 0.25) is 0 Å². The lowest BCUT2D eigenvalue weighted by Gasteiger charge is -2.20. The van der Waals surface area contributed by atoms with Crippen molar-refractivity contribution in [2.24, 2.45) is 4.99 Å². The molecule has 0 saturated carbocycles. The molecule has 1 aromatic heterocycles. The summed E-state index contributed by atoms with van der Waals surface area (Å²) in [5.74, 6) is 0.683. The molecule has 3 rings (SSSR count). The molecule has 28 heavy (non-hydrogen) atoms. The molecule has 2 aromatic rings. The van der Waals surface area contributed by atoms with Gasteiger partial charge in [-0.25, -0.2) is 4.99 Å². The zero-order chi connectivity index (χ0) is 19.1. The van der Waals surface area contributed by atoms with Crippen LogP contribution < -0.4 is 15.5 Å². The van der Waals surface area contributed by atoms with E-state index >= 15 is 0 Å². The molecule has 8 heteroatoms. The number of likely N-dealkylation sites (N-methyl/N-ethyl adjacent to an activating group) is 1. The van der Waals surface area contributed by atoms with Gasteiger partial charge >= 0.3 is 0 Å². The van der Waals surface area contributed by atoms with Crippen molar-refractivity contribution in [1.29, 1.82) is 0 Å². The molecule has 0 aliphatic carbocycles. The fraction of sp³-hybridized carbons (Fsp3) is 0.400. The molecular weight excluding hydrogens is 485 g/mol. The minimum absolute atomic E-state index is 0. The van der Waals surface area contributed by atoms with Gasteiger partial charge < -0.3 is 20.4 Å². The Bertz CT molecular complexity index is 751. The monoisotopic (exact) mass is 513 g/mol. The molecule has 1 unspecified atom stereocenters. The van der Waals surface area contributed by atoms with Crippen LogP contribution in [0.15, 0.2) is 52.8 Å². The topological polar surface area (TPSA) is 60.0 Å². The molecule has 1 fully saturated rings. The average molecular weight is 513 g/mol. The van der Waals surface area contributed by atoms with Gasteiger partial charge in [-0.2, -0.15) is 0 Å². The fourth-order valence-electron chi connectivity index (χ4n) is 2.97. The van der Waals surface area contributed by atoms with Gasteiger partial charge in [0.05, 0.1) is 6.54 Å². The number of anilines is 1. The first-order valence-electron chi connectivity index (χ1n) is 9.19. The number of hydrogen-bond acceptors (Lipinski definition) is 4. The van der Waals surface area contributed by atoms with E-state index in [-0.39, 0.29) is 36.4 Å². The van der Waals surface area contributed by atoms with Crippen molar-refractivity contribution in [1.82, 2.24) is 15.5 Å². The Morgan fingerprint density at radius 2 is 2.04 bits per heavy atom. The van der Waals surface area contributed by atoms with Crippen LogP contribution in [0, 0.1) is 0 Å². The predicted molar refractivity (Wildman–Crippen MR) is 128 cm³/mol. The van der Waals surface area contributed by atoms with E-state index in [4.69, 9.17) is 0 Å². The summed E-state index contributed by atoms with van der Waals surface area (Å²) in [5, 5.41) is 8.92. The minimum atomic E-state index is -0.00967. The van der Waals surface area contributed by atoms with Crippen molar-refractivity contribution >= 4 is 52.9 Å². The van der Waals surface area contributed by atoms with Gasteiger partial charge in [0.25, 0.3) is 0 Å². The third-order valence-corrected chi connectivity index (χ3v) is 5.41. The van der Waals surface area contributed by atoms with Crippen LogP contribution in [0.4, 0.5) is 5.69 Å². The van der Waals surface area contributed by atoms with Gasteiger partial charge in [-0.15, -0.1) is 35.3 Å². The lowest BCUT2D eigenvalue weighted by Crippen LogP contribution is -2.45. The number of amides is 1. The molecule has 6 nitrogen and oxygen atoms in total. The second-order valence-electron chi connectivity index (χ2n) is 6.80. The smallest absolute Gasteiger partial charge is 0.243 e. The van der Waals surface area contributed by atoms with E-state index in [2.05, 4.69) is 56.2 Å². The lowest BCUT2D eigenvalue weighted by molar-refractivity contribution is -0.127. The number of carbonyl (C=O) groups is 1. The highest BCUT2D eigenvalue weighted by molar-refractivity contribution is 14.0. The van der Waals surface area contributed by atoms with E-state index in [1.807, 2.05) is 12.1 Å². The SMILES string of the molecule is CN(C)C(=O)CN=C(NCc1cccs1)NC1CCN(c2ccccc2)C1.I. The highest BCUT2D eigenvalue weighted by Gasteiger charge is 2.23. The maximum atomic E-state index is 11.9. The molecule has 0 bridgehead atoms. The summed E-state index contributed by atoms with van der Waals surface area (Å²) in [7, 11) is 3.50. The van der Waals surface area contributed by atoms with E-state index in [9.17, 15) is 4.79 Å². The third kappa shape index (κ3) is 6.66. The number of halogens is 1. The molecule has 0 spiro atoms. The van der Waals surface area contributed by atoms with E-state index in [0.717, 1.165) is 19.5 Å². The van der Waals surface area contributed by atoms with Crippen molar-refractivity contribution in [2.75, 3.05) is 38.6 Å². The van der Waals surface area contributed by atoms with Crippen LogP contribution in [0.25, 0.3) is 0 Å². The first-order valence-corrected chi connectivity index (χ1v) is 10.1. The molecule has 2 N–H and O–H groups in total. The van der Waals surface area contributed by atoms with Crippen molar-refractivity contribution in [2.45, 2.75) is 19.0 Å². The maximum Gasteiger partial charge on any atom is 0.243 e. The molecule has 1 saturated heterocycles. The number of thiophene rings is 1. The molecule has 152 valence electrons. The van der Waals surface area contributed by atoms with E-state index in [1.54, 1.807) is 30.3 Å². The first-order chi connectivity index (χ1) is 13.1. The van der Waals surface area contributed by atoms with Crippen LogP contribution in [0.3, 0.4) is 0 Å². The Labute approximate surface area is 188 Å². The van der Waals surface area contributed by atoms with Gasteiger partial charge in [-0.1, -0.05) is 24.3 Å². The first kappa shape index (κ1) is 22.5. The van der Waals surface area contributed by atoms with Gasteiger partial charge in [-0.3, -0.25) is 4.79 Å².